The zero-order chi connectivity index (χ0) is 13.6. The number of nitrogens with zero attached hydrogens (tertiary/aromatic N) is 1. The van der Waals surface area contributed by atoms with Gasteiger partial charge >= 0.3 is 5.97 Å². The van der Waals surface area contributed by atoms with Crippen molar-refractivity contribution in [1.29, 1.82) is 0 Å². The van der Waals surface area contributed by atoms with Crippen LogP contribution in [0.5, 0.6) is 11.5 Å². The quantitative estimate of drug-likeness (QED) is 0.887. The Hall–Kier alpha value is -1.12. The van der Waals surface area contributed by atoms with Gasteiger partial charge in [0, 0.05) is 0 Å². The van der Waals surface area contributed by atoms with Crippen LogP contribution in [0.2, 0.25) is 0 Å². The molecule has 5 nitrogen and oxygen atoms in total. The van der Waals surface area contributed by atoms with E-state index in [1.807, 2.05) is 0 Å². The molecule has 1 N–H and O–H groups in total. The van der Waals surface area contributed by atoms with Crippen molar-refractivity contribution in [3.8, 4) is 22.1 Å². The maximum atomic E-state index is 11.3. The zero-order valence-electron chi connectivity index (χ0n) is 9.73. The number of hydrogen-bond acceptors (Lipinski definition) is 6. The molecule has 0 saturated carbocycles. The monoisotopic (exact) mass is 361 g/mol. The Morgan fingerprint density at radius 3 is 2.68 bits per heavy atom. The highest BCUT2D eigenvalue weighted by atomic mass is 79.9. The Morgan fingerprint density at radius 2 is 2.00 bits per heavy atom. The summed E-state index contributed by atoms with van der Waals surface area (Å²) in [5.74, 6) is 0.236. The third-order valence-electron chi connectivity index (χ3n) is 2.50. The number of fused-ring (bicyclic) bond motifs is 1. The molecule has 0 radical (unpaired) electrons. The molecule has 0 spiro atoms. The molecule has 0 amide bonds. The smallest absolute Gasteiger partial charge is 0.348 e. The molecule has 0 bridgehead atoms. The fourth-order valence-electron chi connectivity index (χ4n) is 1.80. The first kappa shape index (κ1) is 12.9. The highest BCUT2D eigenvalue weighted by Crippen LogP contribution is 2.52. The van der Waals surface area contributed by atoms with Gasteiger partial charge in [0.05, 0.1) is 5.01 Å². The molecule has 1 aliphatic rings. The molecule has 3 rings (SSSR count). The van der Waals surface area contributed by atoms with Crippen molar-refractivity contribution in [2.75, 3.05) is 13.2 Å². The van der Waals surface area contributed by atoms with Crippen molar-refractivity contribution >= 4 is 44.6 Å². The normalized spacial score (nSPS) is 13.6. The predicted octanol–water partition coefficient (Wildman–Crippen LogP) is 3.41. The Kier molecular flexibility index (Phi) is 3.23. The van der Waals surface area contributed by atoms with Crippen molar-refractivity contribution in [1.82, 2.24) is 4.98 Å². The van der Waals surface area contributed by atoms with Crippen LogP contribution in [0.25, 0.3) is 10.6 Å². The largest absolute Gasteiger partial charge is 0.484 e. The van der Waals surface area contributed by atoms with Crippen LogP contribution in [0, 0.1) is 6.92 Å². The lowest BCUT2D eigenvalue weighted by molar-refractivity contribution is 0.0702. The predicted molar refractivity (Wildman–Crippen MR) is 75.8 cm³/mol. The number of hydrogen-bond donors (Lipinski definition) is 1. The van der Waals surface area contributed by atoms with E-state index in [-0.39, 0.29) is 4.88 Å². The SMILES string of the molecule is Cc1nc(-c2sc(Br)c3c2OCCO3)c(C(=O)O)s1. The summed E-state index contributed by atoms with van der Waals surface area (Å²) in [7, 11) is 0. The summed E-state index contributed by atoms with van der Waals surface area (Å²) in [5.41, 5.74) is 0.451. The summed E-state index contributed by atoms with van der Waals surface area (Å²) in [6, 6.07) is 0. The first-order chi connectivity index (χ1) is 9.08. The Balaban J connectivity index is 2.20. The molecule has 2 aromatic heterocycles. The summed E-state index contributed by atoms with van der Waals surface area (Å²) in [6.45, 7) is 2.73. The number of halogens is 1. The van der Waals surface area contributed by atoms with E-state index in [9.17, 15) is 9.90 Å². The topological polar surface area (TPSA) is 68.7 Å². The number of carboxylic acids is 1. The third-order valence-corrected chi connectivity index (χ3v) is 5.25. The van der Waals surface area contributed by atoms with Gasteiger partial charge in [-0.3, -0.25) is 0 Å². The van der Waals surface area contributed by atoms with Crippen LogP contribution in [-0.4, -0.2) is 29.3 Å². The van der Waals surface area contributed by atoms with Gasteiger partial charge in [-0.1, -0.05) is 0 Å². The van der Waals surface area contributed by atoms with E-state index < -0.39 is 5.97 Å². The van der Waals surface area contributed by atoms with E-state index in [0.717, 1.165) is 15.1 Å². The molecule has 0 aromatic carbocycles. The van der Waals surface area contributed by atoms with Crippen LogP contribution in [0.15, 0.2) is 3.79 Å². The molecular weight excluding hydrogens is 354 g/mol. The van der Waals surface area contributed by atoms with E-state index >= 15 is 0 Å². The van der Waals surface area contributed by atoms with Crippen LogP contribution >= 0.6 is 38.6 Å². The maximum Gasteiger partial charge on any atom is 0.348 e. The summed E-state index contributed by atoms with van der Waals surface area (Å²) in [6.07, 6.45) is 0. The third kappa shape index (κ3) is 2.13. The molecular formula is C11H8BrNO4S2. The van der Waals surface area contributed by atoms with Crippen LogP contribution < -0.4 is 9.47 Å². The van der Waals surface area contributed by atoms with E-state index in [2.05, 4.69) is 20.9 Å². The second-order valence-corrected chi connectivity index (χ2v) is 7.32. The molecule has 19 heavy (non-hydrogen) atoms. The number of thiazole rings is 1. The summed E-state index contributed by atoms with van der Waals surface area (Å²) in [5, 5.41) is 9.95. The average Bonchev–Trinajstić information content (AvgIpc) is 2.91. The number of carboxylic acid groups (broad SMARTS) is 1. The maximum absolute atomic E-state index is 11.3. The Labute approximate surface area is 124 Å². The summed E-state index contributed by atoms with van der Waals surface area (Å²) < 4.78 is 11.9. The second kappa shape index (κ2) is 4.77. The fraction of sp³-hybridized carbons (Fsp3) is 0.273. The number of carbonyl (C=O) groups is 1. The lowest BCUT2D eigenvalue weighted by Gasteiger charge is -2.16. The number of aromatic nitrogens is 1. The van der Waals surface area contributed by atoms with Gasteiger partial charge in [-0.25, -0.2) is 9.78 Å². The fourth-order valence-corrected chi connectivity index (χ4v) is 4.32. The molecule has 0 atom stereocenters. The summed E-state index contributed by atoms with van der Waals surface area (Å²) >= 11 is 5.95. The molecule has 2 aromatic rings. The number of thiophene rings is 1. The van der Waals surface area contributed by atoms with Crippen LogP contribution in [0.4, 0.5) is 0 Å². The van der Waals surface area contributed by atoms with E-state index in [0.29, 0.717) is 40.3 Å². The number of rotatable bonds is 2. The molecule has 8 heteroatoms. The number of aryl methyl sites for hydroxylation is 1. The van der Waals surface area contributed by atoms with Crippen LogP contribution in [0.1, 0.15) is 14.7 Å². The van der Waals surface area contributed by atoms with Gasteiger partial charge in [0.15, 0.2) is 11.5 Å². The zero-order valence-corrected chi connectivity index (χ0v) is 12.9. The molecule has 0 aliphatic carbocycles. The second-order valence-electron chi connectivity index (χ2n) is 3.78. The van der Waals surface area contributed by atoms with E-state index in [1.54, 1.807) is 6.92 Å². The van der Waals surface area contributed by atoms with E-state index in [4.69, 9.17) is 9.47 Å². The van der Waals surface area contributed by atoms with Crippen molar-refractivity contribution < 1.29 is 19.4 Å². The average molecular weight is 362 g/mol. The minimum Gasteiger partial charge on any atom is -0.484 e. The Bertz CT molecular complexity index is 664. The lowest BCUT2D eigenvalue weighted by Crippen LogP contribution is -2.14. The van der Waals surface area contributed by atoms with E-state index in [1.165, 1.54) is 11.3 Å². The molecule has 0 unspecified atom stereocenters. The highest BCUT2D eigenvalue weighted by Gasteiger charge is 2.29. The molecule has 1 aliphatic heterocycles. The Morgan fingerprint density at radius 1 is 1.32 bits per heavy atom. The van der Waals surface area contributed by atoms with Gasteiger partial charge in [0.1, 0.15) is 32.4 Å². The van der Waals surface area contributed by atoms with Crippen molar-refractivity contribution in [2.24, 2.45) is 0 Å². The molecule has 3 heterocycles. The summed E-state index contributed by atoms with van der Waals surface area (Å²) in [4.78, 5) is 16.5. The van der Waals surface area contributed by atoms with Gasteiger partial charge in [0.2, 0.25) is 0 Å². The van der Waals surface area contributed by atoms with Crippen LogP contribution in [-0.2, 0) is 0 Å². The van der Waals surface area contributed by atoms with Crippen LogP contribution in [0.3, 0.4) is 0 Å². The first-order valence-electron chi connectivity index (χ1n) is 5.37. The number of ether oxygens (including phenoxy) is 2. The van der Waals surface area contributed by atoms with Crippen molar-refractivity contribution in [2.45, 2.75) is 6.92 Å². The van der Waals surface area contributed by atoms with Crippen molar-refractivity contribution in [3.63, 3.8) is 0 Å². The highest BCUT2D eigenvalue weighted by molar-refractivity contribution is 9.11. The molecule has 100 valence electrons. The van der Waals surface area contributed by atoms with Gasteiger partial charge in [-0.05, 0) is 22.9 Å². The minimum atomic E-state index is -0.976. The van der Waals surface area contributed by atoms with Gasteiger partial charge in [-0.2, -0.15) is 0 Å². The number of aromatic carboxylic acids is 1. The van der Waals surface area contributed by atoms with Gasteiger partial charge in [-0.15, -0.1) is 22.7 Å². The molecule has 0 saturated heterocycles. The minimum absolute atomic E-state index is 0.225. The van der Waals surface area contributed by atoms with Gasteiger partial charge < -0.3 is 14.6 Å². The molecule has 0 fully saturated rings. The standard InChI is InChI=1S/C11H8BrNO4S2/c1-4-13-5(9(18-4)11(14)15)8-6-7(10(12)19-8)17-3-2-16-6/h2-3H2,1H3,(H,14,15). The first-order valence-corrected chi connectivity index (χ1v) is 7.79. The van der Waals surface area contributed by atoms with Crippen molar-refractivity contribution in [3.05, 3.63) is 13.7 Å². The van der Waals surface area contributed by atoms with Gasteiger partial charge in [0.25, 0.3) is 0 Å². The lowest BCUT2D eigenvalue weighted by atomic mass is 10.2.